The van der Waals surface area contributed by atoms with Crippen LogP contribution in [0.4, 0.5) is 0 Å². The lowest BCUT2D eigenvalue weighted by Crippen LogP contribution is -2.58. The summed E-state index contributed by atoms with van der Waals surface area (Å²) in [5.74, 6) is 1.04. The highest BCUT2D eigenvalue weighted by Gasteiger charge is 2.32. The second kappa shape index (κ2) is 5.09. The van der Waals surface area contributed by atoms with Crippen molar-refractivity contribution >= 4 is 5.91 Å². The molecule has 1 aromatic rings. The summed E-state index contributed by atoms with van der Waals surface area (Å²) in [6.45, 7) is 5.83. The number of para-hydroxylation sites is 2. The van der Waals surface area contributed by atoms with Crippen molar-refractivity contribution < 1.29 is 14.3 Å². The van der Waals surface area contributed by atoms with Gasteiger partial charge in [-0.2, -0.15) is 0 Å². The molecule has 2 rings (SSSR count). The van der Waals surface area contributed by atoms with Crippen LogP contribution in [0.2, 0.25) is 0 Å². The Labute approximate surface area is 113 Å². The first-order valence-electron chi connectivity index (χ1n) is 6.36. The molecule has 5 nitrogen and oxygen atoms in total. The van der Waals surface area contributed by atoms with Gasteiger partial charge in [-0.1, -0.05) is 12.1 Å². The van der Waals surface area contributed by atoms with Crippen molar-refractivity contribution in [2.45, 2.75) is 38.5 Å². The first-order chi connectivity index (χ1) is 8.90. The summed E-state index contributed by atoms with van der Waals surface area (Å²) in [5, 5.41) is 2.89. The molecule has 1 amide bonds. The third-order valence-electron chi connectivity index (χ3n) is 3.38. The monoisotopic (exact) mass is 264 g/mol. The van der Waals surface area contributed by atoms with Crippen LogP contribution in [0.5, 0.6) is 11.5 Å². The zero-order valence-electron chi connectivity index (χ0n) is 11.5. The van der Waals surface area contributed by atoms with E-state index < -0.39 is 11.6 Å². The predicted molar refractivity (Wildman–Crippen MR) is 72.2 cm³/mol. The van der Waals surface area contributed by atoms with Gasteiger partial charge in [-0.25, -0.2) is 0 Å². The van der Waals surface area contributed by atoms with E-state index in [-0.39, 0.29) is 18.6 Å². The lowest BCUT2D eigenvalue weighted by Gasteiger charge is -2.33. The standard InChI is InChI=1S/C14H20N2O3/c1-9(15)14(2,3)16-13(17)12-8-18-10-6-4-5-7-11(10)19-12/h4-7,9,12H,8,15H2,1-3H3,(H,16,17). The first-order valence-corrected chi connectivity index (χ1v) is 6.36. The topological polar surface area (TPSA) is 73.6 Å². The van der Waals surface area contributed by atoms with E-state index in [1.807, 2.05) is 39.0 Å². The van der Waals surface area contributed by atoms with Gasteiger partial charge in [0.25, 0.3) is 5.91 Å². The molecular weight excluding hydrogens is 244 g/mol. The highest BCUT2D eigenvalue weighted by atomic mass is 16.6. The number of amides is 1. The van der Waals surface area contributed by atoms with Crippen molar-refractivity contribution in [3.8, 4) is 11.5 Å². The molecule has 1 heterocycles. The van der Waals surface area contributed by atoms with Crippen LogP contribution in [0.3, 0.4) is 0 Å². The quantitative estimate of drug-likeness (QED) is 0.856. The number of hydrogen-bond acceptors (Lipinski definition) is 4. The molecule has 2 atom stereocenters. The number of nitrogens with two attached hydrogens (primary N) is 1. The van der Waals surface area contributed by atoms with E-state index in [1.54, 1.807) is 6.07 Å². The zero-order valence-corrected chi connectivity index (χ0v) is 11.5. The van der Waals surface area contributed by atoms with Gasteiger partial charge in [0.05, 0.1) is 0 Å². The van der Waals surface area contributed by atoms with Crippen molar-refractivity contribution in [3.63, 3.8) is 0 Å². The molecule has 1 aliphatic heterocycles. The van der Waals surface area contributed by atoms with Crippen molar-refractivity contribution in [1.82, 2.24) is 5.32 Å². The van der Waals surface area contributed by atoms with Gasteiger partial charge in [-0.05, 0) is 32.9 Å². The van der Waals surface area contributed by atoms with E-state index in [0.717, 1.165) is 0 Å². The summed E-state index contributed by atoms with van der Waals surface area (Å²) in [4.78, 5) is 12.2. The van der Waals surface area contributed by atoms with Gasteiger partial charge >= 0.3 is 0 Å². The first kappa shape index (κ1) is 13.7. The van der Waals surface area contributed by atoms with Gasteiger partial charge in [0.1, 0.15) is 6.61 Å². The second-order valence-electron chi connectivity index (χ2n) is 5.36. The van der Waals surface area contributed by atoms with Gasteiger partial charge in [0.15, 0.2) is 11.5 Å². The highest BCUT2D eigenvalue weighted by molar-refractivity contribution is 5.82. The van der Waals surface area contributed by atoms with Gasteiger partial charge in [0, 0.05) is 11.6 Å². The Kier molecular flexibility index (Phi) is 3.66. The summed E-state index contributed by atoms with van der Waals surface area (Å²) in [5.41, 5.74) is 5.35. The number of fused-ring (bicyclic) bond motifs is 1. The van der Waals surface area contributed by atoms with Crippen LogP contribution in [-0.4, -0.2) is 30.2 Å². The van der Waals surface area contributed by atoms with Gasteiger partial charge in [-0.3, -0.25) is 4.79 Å². The molecule has 104 valence electrons. The molecule has 0 aromatic heterocycles. The normalized spacial score (nSPS) is 19.7. The Morgan fingerprint density at radius 2 is 2.05 bits per heavy atom. The molecule has 0 saturated heterocycles. The lowest BCUT2D eigenvalue weighted by atomic mass is 9.96. The number of carbonyl (C=O) groups excluding carboxylic acids is 1. The van der Waals surface area contributed by atoms with Gasteiger partial charge in [0.2, 0.25) is 6.10 Å². The lowest BCUT2D eigenvalue weighted by molar-refractivity contribution is -0.132. The van der Waals surface area contributed by atoms with E-state index in [9.17, 15) is 4.79 Å². The van der Waals surface area contributed by atoms with Crippen LogP contribution in [0, 0.1) is 0 Å². The fraction of sp³-hybridized carbons (Fsp3) is 0.500. The second-order valence-corrected chi connectivity index (χ2v) is 5.36. The number of hydrogen-bond donors (Lipinski definition) is 2. The van der Waals surface area contributed by atoms with E-state index in [4.69, 9.17) is 15.2 Å². The van der Waals surface area contributed by atoms with Crippen LogP contribution in [-0.2, 0) is 4.79 Å². The summed E-state index contributed by atoms with van der Waals surface area (Å²) in [6.07, 6.45) is -0.645. The summed E-state index contributed by atoms with van der Waals surface area (Å²) in [7, 11) is 0. The molecule has 0 saturated carbocycles. The Morgan fingerprint density at radius 3 is 2.68 bits per heavy atom. The van der Waals surface area contributed by atoms with Crippen molar-refractivity contribution in [2.75, 3.05) is 6.61 Å². The molecule has 1 aromatic carbocycles. The average molecular weight is 264 g/mol. The largest absolute Gasteiger partial charge is 0.485 e. The fourth-order valence-corrected chi connectivity index (χ4v) is 1.66. The molecular formula is C14H20N2O3. The van der Waals surface area contributed by atoms with Crippen molar-refractivity contribution in [2.24, 2.45) is 5.73 Å². The molecule has 19 heavy (non-hydrogen) atoms. The molecule has 0 spiro atoms. The van der Waals surface area contributed by atoms with E-state index in [1.165, 1.54) is 0 Å². The molecule has 0 radical (unpaired) electrons. The van der Waals surface area contributed by atoms with Crippen LogP contribution < -0.4 is 20.5 Å². The van der Waals surface area contributed by atoms with Crippen molar-refractivity contribution in [3.05, 3.63) is 24.3 Å². The van der Waals surface area contributed by atoms with Crippen LogP contribution in [0.15, 0.2) is 24.3 Å². The number of ether oxygens (including phenoxy) is 2. The minimum absolute atomic E-state index is 0.159. The number of nitrogens with one attached hydrogen (secondary N) is 1. The maximum Gasteiger partial charge on any atom is 0.265 e. The minimum atomic E-state index is -0.645. The third-order valence-corrected chi connectivity index (χ3v) is 3.38. The summed E-state index contributed by atoms with van der Waals surface area (Å²) in [6, 6.07) is 7.14. The summed E-state index contributed by atoms with van der Waals surface area (Å²) < 4.78 is 11.2. The van der Waals surface area contributed by atoms with Crippen LogP contribution in [0.25, 0.3) is 0 Å². The Balaban J connectivity index is 2.03. The van der Waals surface area contributed by atoms with Crippen molar-refractivity contribution in [1.29, 1.82) is 0 Å². The molecule has 0 fully saturated rings. The molecule has 5 heteroatoms. The fourth-order valence-electron chi connectivity index (χ4n) is 1.66. The molecule has 0 aliphatic carbocycles. The number of benzene rings is 1. The smallest absolute Gasteiger partial charge is 0.265 e. The average Bonchev–Trinajstić information content (AvgIpc) is 2.37. The summed E-state index contributed by atoms with van der Waals surface area (Å²) >= 11 is 0. The van der Waals surface area contributed by atoms with E-state index in [2.05, 4.69) is 5.32 Å². The number of rotatable bonds is 3. The maximum absolute atomic E-state index is 12.2. The molecule has 0 bridgehead atoms. The molecule has 2 unspecified atom stereocenters. The molecule has 3 N–H and O–H groups in total. The van der Waals surface area contributed by atoms with Gasteiger partial charge in [-0.15, -0.1) is 0 Å². The van der Waals surface area contributed by atoms with Crippen LogP contribution in [0.1, 0.15) is 20.8 Å². The molecule has 1 aliphatic rings. The SMILES string of the molecule is CC(N)C(C)(C)NC(=O)C1COc2ccccc2O1. The zero-order chi connectivity index (χ0) is 14.0. The third kappa shape index (κ3) is 2.98. The minimum Gasteiger partial charge on any atom is -0.485 e. The van der Waals surface area contributed by atoms with Gasteiger partial charge < -0.3 is 20.5 Å². The Morgan fingerprint density at radius 1 is 1.42 bits per heavy atom. The number of carbonyl (C=O) groups is 1. The Bertz CT molecular complexity index is 472. The Hall–Kier alpha value is -1.75. The van der Waals surface area contributed by atoms with Crippen LogP contribution >= 0.6 is 0 Å². The maximum atomic E-state index is 12.2. The van der Waals surface area contributed by atoms with E-state index >= 15 is 0 Å². The highest BCUT2D eigenvalue weighted by Crippen LogP contribution is 2.30. The van der Waals surface area contributed by atoms with E-state index in [0.29, 0.717) is 11.5 Å². The predicted octanol–water partition coefficient (Wildman–Crippen LogP) is 1.07.